The summed E-state index contributed by atoms with van der Waals surface area (Å²) in [7, 11) is -6.16. The van der Waals surface area contributed by atoms with E-state index in [1.54, 1.807) is 0 Å². The molecule has 0 spiro atoms. The van der Waals surface area contributed by atoms with E-state index in [1.165, 1.54) is 6.42 Å². The molecule has 4 aliphatic rings. The Hall–Kier alpha value is -0.410. The second-order valence-electron chi connectivity index (χ2n) is 8.49. The van der Waals surface area contributed by atoms with Crippen LogP contribution in [0.1, 0.15) is 58.3 Å². The minimum atomic E-state index is -6.16. The van der Waals surface area contributed by atoms with Crippen LogP contribution in [0.3, 0.4) is 0 Å². The number of ether oxygens (including phenoxy) is 1. The van der Waals surface area contributed by atoms with Crippen LogP contribution in [0.4, 0.5) is 17.6 Å². The molecule has 0 radical (unpaired) electrons. The van der Waals surface area contributed by atoms with Gasteiger partial charge in [-0.05, 0) is 75.5 Å². The first kappa shape index (κ1) is 20.3. The zero-order valence-corrected chi connectivity index (χ0v) is 15.6. The average Bonchev–Trinajstić information content (AvgIpc) is 2.50. The fraction of sp³-hybridized carbons (Fsp3) is 1.00. The quantitative estimate of drug-likeness (QED) is 0.369. The Balaban J connectivity index is 1.47. The van der Waals surface area contributed by atoms with E-state index >= 15 is 0 Å². The molecule has 4 nitrogen and oxygen atoms in total. The molecule has 4 bridgehead atoms. The first-order valence-corrected chi connectivity index (χ1v) is 10.7. The number of halogens is 4. The largest absolute Gasteiger partial charge is 0.431 e. The van der Waals surface area contributed by atoms with Crippen molar-refractivity contribution >= 4 is 10.1 Å². The third-order valence-corrected chi connectivity index (χ3v) is 7.75. The first-order valence-electron chi connectivity index (χ1n) is 9.23. The summed E-state index contributed by atoms with van der Waals surface area (Å²) in [6.07, 6.45) is 4.37. The van der Waals surface area contributed by atoms with Gasteiger partial charge in [-0.1, -0.05) is 0 Å². The molecule has 0 aromatic carbocycles. The minimum absolute atomic E-state index is 0.138. The van der Waals surface area contributed by atoms with Crippen LogP contribution in [-0.4, -0.2) is 36.4 Å². The highest BCUT2D eigenvalue weighted by Crippen LogP contribution is 2.59. The molecule has 9 heteroatoms. The normalized spacial score (nSPS) is 37.3. The van der Waals surface area contributed by atoms with Gasteiger partial charge in [0.25, 0.3) is 0 Å². The number of hydrogen-bond acceptors (Lipinski definition) is 3. The molecule has 0 aromatic rings. The second kappa shape index (κ2) is 6.58. The second-order valence-corrected chi connectivity index (χ2v) is 9.95. The van der Waals surface area contributed by atoms with Gasteiger partial charge < -0.3 is 4.74 Å². The lowest BCUT2D eigenvalue weighted by molar-refractivity contribution is -0.195. The maximum Gasteiger partial charge on any atom is 0.431 e. The molecule has 152 valence electrons. The summed E-state index contributed by atoms with van der Waals surface area (Å²) in [4.78, 5) is 0. The Labute approximate surface area is 151 Å². The van der Waals surface area contributed by atoms with Gasteiger partial charge in [-0.15, -0.1) is 0 Å². The molecule has 4 rings (SSSR count). The topological polar surface area (TPSA) is 63.6 Å². The predicted octanol–water partition coefficient (Wildman–Crippen LogP) is 4.50. The van der Waals surface area contributed by atoms with Gasteiger partial charge in [-0.3, -0.25) is 4.55 Å². The first-order chi connectivity index (χ1) is 11.9. The van der Waals surface area contributed by atoms with Gasteiger partial charge in [0, 0.05) is 13.0 Å². The summed E-state index contributed by atoms with van der Waals surface area (Å²) >= 11 is 0. The van der Waals surface area contributed by atoms with Gasteiger partial charge in [-0.2, -0.15) is 26.0 Å². The van der Waals surface area contributed by atoms with Crippen molar-refractivity contribution in [2.24, 2.45) is 23.7 Å². The van der Waals surface area contributed by atoms with E-state index in [-0.39, 0.29) is 25.0 Å². The molecule has 4 fully saturated rings. The maximum atomic E-state index is 13.5. The van der Waals surface area contributed by atoms with Crippen molar-refractivity contribution in [3.8, 4) is 0 Å². The van der Waals surface area contributed by atoms with E-state index in [0.717, 1.165) is 37.5 Å². The van der Waals surface area contributed by atoms with E-state index < -0.39 is 27.7 Å². The van der Waals surface area contributed by atoms with Gasteiger partial charge in [0.05, 0.1) is 5.60 Å². The highest BCUT2D eigenvalue weighted by atomic mass is 32.2. The third-order valence-electron chi connectivity index (χ3n) is 6.81. The molecule has 0 unspecified atom stereocenters. The smallest absolute Gasteiger partial charge is 0.375 e. The van der Waals surface area contributed by atoms with Crippen LogP contribution in [-0.2, 0) is 14.9 Å². The Morgan fingerprint density at radius 2 is 1.50 bits per heavy atom. The maximum absolute atomic E-state index is 13.5. The van der Waals surface area contributed by atoms with Crippen molar-refractivity contribution in [2.45, 2.75) is 75.1 Å². The van der Waals surface area contributed by atoms with Crippen LogP contribution < -0.4 is 0 Å². The molecule has 4 aliphatic carbocycles. The van der Waals surface area contributed by atoms with Gasteiger partial charge in [0.15, 0.2) is 0 Å². The van der Waals surface area contributed by atoms with Crippen molar-refractivity contribution < 1.29 is 35.3 Å². The van der Waals surface area contributed by atoms with Gasteiger partial charge in [0.2, 0.25) is 0 Å². The molecule has 1 N–H and O–H groups in total. The van der Waals surface area contributed by atoms with E-state index in [4.69, 9.17) is 9.29 Å². The van der Waals surface area contributed by atoms with Crippen LogP contribution in [0.5, 0.6) is 0 Å². The summed E-state index contributed by atoms with van der Waals surface area (Å²) in [6.45, 7) is 2.27. The highest BCUT2D eigenvalue weighted by Gasteiger charge is 2.65. The fourth-order valence-corrected chi connectivity index (χ4v) is 5.91. The molecule has 0 amide bonds. The molecular formula is C17H26F4O4S. The summed E-state index contributed by atoms with van der Waals surface area (Å²) in [6, 6.07) is 0. The number of hydrogen-bond donors (Lipinski definition) is 1. The van der Waals surface area contributed by atoms with E-state index in [1.807, 2.05) is 0 Å². The van der Waals surface area contributed by atoms with Crippen LogP contribution in [0, 0.1) is 23.7 Å². The Kier molecular flexibility index (Phi) is 5.15. The number of rotatable bonds is 8. The third kappa shape index (κ3) is 3.39. The Bertz CT molecular complexity index is 607. The monoisotopic (exact) mass is 402 g/mol. The standard InChI is InChI=1S/C17H26F4O4S/c1-15(13-7-11-6-12(9-13)10-14(15)8-11)25-5-3-2-4-16(18,19)17(20,21)26(22,23)24/h11-14H,2-10H2,1H3,(H,22,23,24). The van der Waals surface area contributed by atoms with E-state index in [9.17, 15) is 26.0 Å². The van der Waals surface area contributed by atoms with Crippen LogP contribution >= 0.6 is 0 Å². The highest BCUT2D eigenvalue weighted by molar-refractivity contribution is 7.87. The van der Waals surface area contributed by atoms with Gasteiger partial charge >= 0.3 is 21.3 Å². The zero-order chi connectivity index (χ0) is 19.4. The summed E-state index contributed by atoms with van der Waals surface area (Å²) in [5.74, 6) is -2.31. The molecule has 0 heterocycles. The minimum Gasteiger partial charge on any atom is -0.375 e. The summed E-state index contributed by atoms with van der Waals surface area (Å²) in [5.41, 5.74) is -0.270. The molecule has 0 aromatic heterocycles. The molecule has 0 atom stereocenters. The zero-order valence-electron chi connectivity index (χ0n) is 14.8. The summed E-state index contributed by atoms with van der Waals surface area (Å²) < 4.78 is 88.6. The van der Waals surface area contributed by atoms with Gasteiger partial charge in [-0.25, -0.2) is 0 Å². The Morgan fingerprint density at radius 1 is 1.00 bits per heavy atom. The number of alkyl halides is 4. The SMILES string of the molecule is CC1(OCCCCC(F)(F)C(F)(F)S(=O)(=O)O)C2CC3CC(C2)CC1C3. The lowest BCUT2D eigenvalue weighted by Gasteiger charge is -2.59. The van der Waals surface area contributed by atoms with Crippen molar-refractivity contribution in [1.82, 2.24) is 0 Å². The fourth-order valence-electron chi connectivity index (χ4n) is 5.43. The predicted molar refractivity (Wildman–Crippen MR) is 86.7 cm³/mol. The molecule has 4 saturated carbocycles. The van der Waals surface area contributed by atoms with E-state index in [0.29, 0.717) is 11.8 Å². The van der Waals surface area contributed by atoms with Crippen LogP contribution in [0.15, 0.2) is 0 Å². The average molecular weight is 402 g/mol. The van der Waals surface area contributed by atoms with Crippen molar-refractivity contribution in [1.29, 1.82) is 0 Å². The molecule has 0 aliphatic heterocycles. The lowest BCUT2D eigenvalue weighted by atomic mass is 9.50. The molecule has 26 heavy (non-hydrogen) atoms. The van der Waals surface area contributed by atoms with Crippen molar-refractivity contribution in [3.63, 3.8) is 0 Å². The lowest BCUT2D eigenvalue weighted by Crippen LogP contribution is -2.57. The molecule has 0 saturated heterocycles. The summed E-state index contributed by atoms with van der Waals surface area (Å²) in [5, 5.41) is -5.48. The van der Waals surface area contributed by atoms with Crippen molar-refractivity contribution in [2.75, 3.05) is 6.61 Å². The Morgan fingerprint density at radius 3 is 1.96 bits per heavy atom. The van der Waals surface area contributed by atoms with Gasteiger partial charge in [0.1, 0.15) is 0 Å². The molecular weight excluding hydrogens is 376 g/mol. The van der Waals surface area contributed by atoms with Crippen LogP contribution in [0.25, 0.3) is 0 Å². The van der Waals surface area contributed by atoms with E-state index in [2.05, 4.69) is 6.92 Å². The van der Waals surface area contributed by atoms with Crippen LogP contribution in [0.2, 0.25) is 0 Å². The van der Waals surface area contributed by atoms with Crippen molar-refractivity contribution in [3.05, 3.63) is 0 Å². The number of unbranched alkanes of at least 4 members (excludes halogenated alkanes) is 1.